The van der Waals surface area contributed by atoms with Gasteiger partial charge in [-0.1, -0.05) is 5.16 Å². The molecule has 7 nitrogen and oxygen atoms in total. The molecule has 0 atom stereocenters. The van der Waals surface area contributed by atoms with Crippen LogP contribution < -0.4 is 5.32 Å². The first-order valence-electron chi connectivity index (χ1n) is 8.73. The lowest BCUT2D eigenvalue weighted by atomic mass is 10.3. The number of aliphatic imine (C=N–C) groups is 1. The van der Waals surface area contributed by atoms with Crippen LogP contribution in [0.1, 0.15) is 28.2 Å². The van der Waals surface area contributed by atoms with Gasteiger partial charge in [-0.05, 0) is 20.8 Å². The SMILES string of the molecule is CCNC(=NCc1sc(C)nc1C)N1CCN(Cc2ccon2)CC1. The highest BCUT2D eigenvalue weighted by Crippen LogP contribution is 2.18. The van der Waals surface area contributed by atoms with Crippen LogP contribution in [0.2, 0.25) is 0 Å². The number of aryl methyl sites for hydroxylation is 2. The molecule has 0 radical (unpaired) electrons. The third kappa shape index (κ3) is 4.79. The smallest absolute Gasteiger partial charge is 0.194 e. The van der Waals surface area contributed by atoms with Gasteiger partial charge in [-0.25, -0.2) is 9.98 Å². The summed E-state index contributed by atoms with van der Waals surface area (Å²) in [5.74, 6) is 0.994. The summed E-state index contributed by atoms with van der Waals surface area (Å²) in [7, 11) is 0. The summed E-state index contributed by atoms with van der Waals surface area (Å²) in [6, 6.07) is 1.93. The summed E-state index contributed by atoms with van der Waals surface area (Å²) in [6.07, 6.45) is 1.63. The molecule has 1 saturated heterocycles. The van der Waals surface area contributed by atoms with E-state index in [0.29, 0.717) is 6.54 Å². The minimum Gasteiger partial charge on any atom is -0.364 e. The Morgan fingerprint density at radius 3 is 2.72 bits per heavy atom. The summed E-state index contributed by atoms with van der Waals surface area (Å²) >= 11 is 1.74. The van der Waals surface area contributed by atoms with E-state index < -0.39 is 0 Å². The fourth-order valence-corrected chi connectivity index (χ4v) is 3.82. The number of aromatic nitrogens is 2. The number of hydrogen-bond acceptors (Lipinski definition) is 6. The van der Waals surface area contributed by atoms with E-state index in [2.05, 4.69) is 39.1 Å². The maximum Gasteiger partial charge on any atom is 0.194 e. The molecule has 136 valence electrons. The molecular formula is C17H26N6OS. The zero-order chi connectivity index (χ0) is 17.6. The van der Waals surface area contributed by atoms with Crippen molar-refractivity contribution in [2.75, 3.05) is 32.7 Å². The van der Waals surface area contributed by atoms with Crippen LogP contribution >= 0.6 is 11.3 Å². The van der Waals surface area contributed by atoms with Crippen molar-refractivity contribution >= 4 is 17.3 Å². The maximum atomic E-state index is 4.91. The van der Waals surface area contributed by atoms with Gasteiger partial charge in [-0.15, -0.1) is 11.3 Å². The van der Waals surface area contributed by atoms with E-state index in [1.54, 1.807) is 17.6 Å². The Kier molecular flexibility index (Phi) is 6.04. The van der Waals surface area contributed by atoms with E-state index in [-0.39, 0.29) is 0 Å². The van der Waals surface area contributed by atoms with Gasteiger partial charge in [0.05, 0.1) is 22.9 Å². The molecule has 25 heavy (non-hydrogen) atoms. The monoisotopic (exact) mass is 362 g/mol. The number of hydrogen-bond donors (Lipinski definition) is 1. The van der Waals surface area contributed by atoms with E-state index in [1.807, 2.05) is 13.0 Å². The van der Waals surface area contributed by atoms with E-state index in [4.69, 9.17) is 9.52 Å². The van der Waals surface area contributed by atoms with Gasteiger partial charge in [0.1, 0.15) is 6.26 Å². The Morgan fingerprint density at radius 2 is 2.12 bits per heavy atom. The minimum absolute atomic E-state index is 0.693. The molecule has 0 spiro atoms. The Morgan fingerprint density at radius 1 is 1.32 bits per heavy atom. The van der Waals surface area contributed by atoms with Crippen LogP contribution in [0.25, 0.3) is 0 Å². The van der Waals surface area contributed by atoms with Crippen LogP contribution in [0.5, 0.6) is 0 Å². The molecule has 1 aliphatic heterocycles. The van der Waals surface area contributed by atoms with Crippen molar-refractivity contribution in [2.24, 2.45) is 4.99 Å². The fraction of sp³-hybridized carbons (Fsp3) is 0.588. The van der Waals surface area contributed by atoms with Crippen LogP contribution in [0, 0.1) is 13.8 Å². The zero-order valence-electron chi connectivity index (χ0n) is 15.2. The van der Waals surface area contributed by atoms with E-state index in [0.717, 1.165) is 61.6 Å². The van der Waals surface area contributed by atoms with Crippen molar-refractivity contribution in [1.82, 2.24) is 25.3 Å². The lowest BCUT2D eigenvalue weighted by Gasteiger charge is -2.36. The van der Waals surface area contributed by atoms with Gasteiger partial charge in [0.15, 0.2) is 5.96 Å². The van der Waals surface area contributed by atoms with Crippen LogP contribution in [0.3, 0.4) is 0 Å². The Labute approximate surface area is 152 Å². The number of nitrogens with one attached hydrogen (secondary N) is 1. The lowest BCUT2D eigenvalue weighted by molar-refractivity contribution is 0.169. The zero-order valence-corrected chi connectivity index (χ0v) is 16.0. The summed E-state index contributed by atoms with van der Waals surface area (Å²) in [5, 5.41) is 8.53. The molecule has 1 N–H and O–H groups in total. The second-order valence-corrected chi connectivity index (χ2v) is 7.45. The summed E-state index contributed by atoms with van der Waals surface area (Å²) in [6.45, 7) is 12.5. The molecule has 3 rings (SSSR count). The fourth-order valence-electron chi connectivity index (χ4n) is 2.96. The second-order valence-electron chi connectivity index (χ2n) is 6.17. The summed E-state index contributed by atoms with van der Waals surface area (Å²) in [4.78, 5) is 15.3. The molecule has 0 saturated carbocycles. The van der Waals surface area contributed by atoms with Crippen molar-refractivity contribution in [3.05, 3.63) is 33.6 Å². The second kappa shape index (κ2) is 8.44. The molecule has 1 fully saturated rings. The Balaban J connectivity index is 1.57. The molecule has 1 aliphatic rings. The highest BCUT2D eigenvalue weighted by atomic mass is 32.1. The number of nitrogens with zero attached hydrogens (tertiary/aromatic N) is 5. The standard InChI is InChI=1S/C17H26N6OS/c1-4-18-17(19-11-16-13(2)20-14(3)25-16)23-8-6-22(7-9-23)12-15-5-10-24-21-15/h5,10H,4,6-9,11-12H2,1-3H3,(H,18,19). The third-order valence-corrected chi connectivity index (χ3v) is 5.31. The molecule has 0 aromatic carbocycles. The first-order valence-corrected chi connectivity index (χ1v) is 9.55. The van der Waals surface area contributed by atoms with Gasteiger partial charge >= 0.3 is 0 Å². The Bertz CT molecular complexity index is 688. The van der Waals surface area contributed by atoms with E-state index in [9.17, 15) is 0 Å². The molecule has 0 unspecified atom stereocenters. The minimum atomic E-state index is 0.693. The number of thiazole rings is 1. The molecule has 2 aromatic rings. The molecule has 3 heterocycles. The summed E-state index contributed by atoms with van der Waals surface area (Å²) < 4.78 is 4.91. The van der Waals surface area contributed by atoms with Gasteiger partial charge in [0.2, 0.25) is 0 Å². The number of guanidine groups is 1. The highest BCUT2D eigenvalue weighted by molar-refractivity contribution is 7.11. The molecule has 8 heteroatoms. The van der Waals surface area contributed by atoms with Crippen molar-refractivity contribution in [3.63, 3.8) is 0 Å². The first kappa shape index (κ1) is 17.9. The average Bonchev–Trinajstić information content (AvgIpc) is 3.22. The van der Waals surface area contributed by atoms with Gasteiger partial charge in [-0.2, -0.15) is 0 Å². The summed E-state index contributed by atoms with van der Waals surface area (Å²) in [5.41, 5.74) is 2.09. The molecule has 2 aromatic heterocycles. The van der Waals surface area contributed by atoms with Crippen molar-refractivity contribution in [3.8, 4) is 0 Å². The van der Waals surface area contributed by atoms with Gasteiger partial charge in [0, 0.05) is 50.2 Å². The molecular weight excluding hydrogens is 336 g/mol. The largest absolute Gasteiger partial charge is 0.364 e. The van der Waals surface area contributed by atoms with Crippen molar-refractivity contribution in [2.45, 2.75) is 33.9 Å². The van der Waals surface area contributed by atoms with Gasteiger partial charge < -0.3 is 14.7 Å². The number of rotatable bonds is 5. The number of piperazine rings is 1. The average molecular weight is 363 g/mol. The topological polar surface area (TPSA) is 69.8 Å². The quantitative estimate of drug-likeness (QED) is 0.648. The van der Waals surface area contributed by atoms with Crippen LogP contribution in [0.15, 0.2) is 21.8 Å². The molecule has 0 aliphatic carbocycles. The van der Waals surface area contributed by atoms with Crippen molar-refractivity contribution in [1.29, 1.82) is 0 Å². The highest BCUT2D eigenvalue weighted by Gasteiger charge is 2.20. The molecule has 0 bridgehead atoms. The first-order chi connectivity index (χ1) is 12.2. The third-order valence-electron chi connectivity index (χ3n) is 4.26. The van der Waals surface area contributed by atoms with E-state index in [1.165, 1.54) is 4.88 Å². The predicted molar refractivity (Wildman–Crippen MR) is 99.8 cm³/mol. The normalized spacial score (nSPS) is 16.4. The van der Waals surface area contributed by atoms with Gasteiger partial charge in [0.25, 0.3) is 0 Å². The van der Waals surface area contributed by atoms with Crippen LogP contribution in [-0.4, -0.2) is 58.6 Å². The van der Waals surface area contributed by atoms with Crippen molar-refractivity contribution < 1.29 is 4.52 Å². The van der Waals surface area contributed by atoms with Crippen LogP contribution in [-0.2, 0) is 13.1 Å². The lowest BCUT2D eigenvalue weighted by Crippen LogP contribution is -2.52. The molecule has 0 amide bonds. The predicted octanol–water partition coefficient (Wildman–Crippen LogP) is 2.03. The maximum absolute atomic E-state index is 4.91. The van der Waals surface area contributed by atoms with Gasteiger partial charge in [-0.3, -0.25) is 4.90 Å². The van der Waals surface area contributed by atoms with Crippen LogP contribution in [0.4, 0.5) is 0 Å². The Hall–Kier alpha value is -1.93. The van der Waals surface area contributed by atoms with E-state index >= 15 is 0 Å².